The summed E-state index contributed by atoms with van der Waals surface area (Å²) in [6.45, 7) is 1.98. The molecular formula is C16H17ClN2OS. The van der Waals surface area contributed by atoms with Crippen molar-refractivity contribution in [2.24, 2.45) is 0 Å². The zero-order chi connectivity index (χ0) is 15.2. The van der Waals surface area contributed by atoms with Crippen molar-refractivity contribution < 1.29 is 4.79 Å². The molecule has 0 fully saturated rings. The zero-order valence-corrected chi connectivity index (χ0v) is 13.3. The Bertz CT molecular complexity index is 646. The van der Waals surface area contributed by atoms with Gasteiger partial charge in [0.1, 0.15) is 0 Å². The summed E-state index contributed by atoms with van der Waals surface area (Å²) in [5.74, 6) is 0.649. The topological polar surface area (TPSA) is 55.1 Å². The van der Waals surface area contributed by atoms with E-state index < -0.39 is 0 Å². The van der Waals surface area contributed by atoms with Crippen LogP contribution in [0.4, 0.5) is 11.4 Å². The number of amides is 1. The Hall–Kier alpha value is -1.65. The van der Waals surface area contributed by atoms with Crippen LogP contribution in [-0.4, -0.2) is 11.7 Å². The molecule has 0 aliphatic carbocycles. The Morgan fingerprint density at radius 3 is 2.81 bits per heavy atom. The molecule has 3 N–H and O–H groups in total. The van der Waals surface area contributed by atoms with Gasteiger partial charge in [0, 0.05) is 33.5 Å². The molecule has 3 nitrogen and oxygen atoms in total. The molecular weight excluding hydrogens is 304 g/mol. The highest BCUT2D eigenvalue weighted by molar-refractivity contribution is 7.99. The number of nitrogen functional groups attached to an aromatic ring is 1. The minimum Gasteiger partial charge on any atom is -0.398 e. The van der Waals surface area contributed by atoms with Crippen LogP contribution in [0, 0.1) is 6.92 Å². The molecule has 110 valence electrons. The van der Waals surface area contributed by atoms with Gasteiger partial charge in [0.2, 0.25) is 5.91 Å². The number of carbonyl (C=O) groups is 1. The van der Waals surface area contributed by atoms with Crippen LogP contribution in [0.15, 0.2) is 47.4 Å². The lowest BCUT2D eigenvalue weighted by molar-refractivity contribution is -0.115. The summed E-state index contributed by atoms with van der Waals surface area (Å²) in [5.41, 5.74) is 8.57. The highest BCUT2D eigenvalue weighted by Crippen LogP contribution is 2.27. The second kappa shape index (κ2) is 7.38. The molecule has 0 aromatic heterocycles. The van der Waals surface area contributed by atoms with Crippen molar-refractivity contribution in [3.05, 3.63) is 53.1 Å². The molecule has 0 unspecified atom stereocenters. The number of nitrogens with two attached hydrogens (primary N) is 1. The van der Waals surface area contributed by atoms with E-state index in [9.17, 15) is 4.79 Å². The van der Waals surface area contributed by atoms with E-state index in [0.717, 1.165) is 16.1 Å². The number of aryl methyl sites for hydroxylation is 1. The van der Waals surface area contributed by atoms with Gasteiger partial charge in [-0.3, -0.25) is 4.79 Å². The average molecular weight is 321 g/mol. The van der Waals surface area contributed by atoms with Crippen LogP contribution < -0.4 is 11.1 Å². The first-order valence-corrected chi connectivity index (χ1v) is 7.96. The summed E-state index contributed by atoms with van der Waals surface area (Å²) in [6, 6.07) is 13.0. The maximum absolute atomic E-state index is 11.9. The molecule has 0 aliphatic rings. The molecule has 0 radical (unpaired) electrons. The Morgan fingerprint density at radius 1 is 1.29 bits per heavy atom. The first kappa shape index (κ1) is 15.7. The number of benzene rings is 2. The third kappa shape index (κ3) is 4.69. The maximum Gasteiger partial charge on any atom is 0.225 e. The van der Waals surface area contributed by atoms with Crippen LogP contribution in [0.25, 0.3) is 0 Å². The number of hydrogen-bond donors (Lipinski definition) is 2. The fraction of sp³-hybridized carbons (Fsp3) is 0.188. The van der Waals surface area contributed by atoms with E-state index in [1.54, 1.807) is 30.0 Å². The van der Waals surface area contributed by atoms with E-state index in [-0.39, 0.29) is 5.91 Å². The van der Waals surface area contributed by atoms with Gasteiger partial charge in [-0.05, 0) is 36.8 Å². The van der Waals surface area contributed by atoms with E-state index in [0.29, 0.717) is 22.9 Å². The summed E-state index contributed by atoms with van der Waals surface area (Å²) in [5, 5.41) is 3.43. The predicted octanol–water partition coefficient (Wildman–Crippen LogP) is 4.35. The second-order valence-electron chi connectivity index (χ2n) is 4.64. The SMILES string of the molecule is Cc1cccc(SCCC(=O)Nc2cccc(Cl)c2)c1N. The van der Waals surface area contributed by atoms with Crippen molar-refractivity contribution in [1.82, 2.24) is 0 Å². The summed E-state index contributed by atoms with van der Waals surface area (Å²) in [7, 11) is 0. The van der Waals surface area contributed by atoms with Crippen LogP contribution >= 0.6 is 23.4 Å². The van der Waals surface area contributed by atoms with Gasteiger partial charge in [0.25, 0.3) is 0 Å². The molecule has 0 aliphatic heterocycles. The molecule has 0 saturated carbocycles. The minimum absolute atomic E-state index is 0.0315. The minimum atomic E-state index is -0.0315. The fourth-order valence-corrected chi connectivity index (χ4v) is 3.01. The highest BCUT2D eigenvalue weighted by Gasteiger charge is 2.06. The van der Waals surface area contributed by atoms with Crippen molar-refractivity contribution in [3.8, 4) is 0 Å². The number of carbonyl (C=O) groups excluding carboxylic acids is 1. The van der Waals surface area contributed by atoms with E-state index in [4.69, 9.17) is 17.3 Å². The normalized spacial score (nSPS) is 10.4. The standard InChI is InChI=1S/C16H17ClN2OS/c1-11-4-2-7-14(16(11)18)21-9-8-15(20)19-13-6-3-5-12(17)10-13/h2-7,10H,8-9,18H2,1H3,(H,19,20). The Labute approximate surface area is 133 Å². The van der Waals surface area contributed by atoms with Crippen LogP contribution in [0.5, 0.6) is 0 Å². The highest BCUT2D eigenvalue weighted by atomic mass is 35.5. The maximum atomic E-state index is 11.9. The smallest absolute Gasteiger partial charge is 0.225 e. The first-order valence-electron chi connectivity index (χ1n) is 6.59. The zero-order valence-electron chi connectivity index (χ0n) is 11.7. The van der Waals surface area contributed by atoms with Crippen molar-refractivity contribution in [3.63, 3.8) is 0 Å². The van der Waals surface area contributed by atoms with Gasteiger partial charge in [-0.2, -0.15) is 0 Å². The summed E-state index contributed by atoms with van der Waals surface area (Å²) >= 11 is 7.47. The van der Waals surface area contributed by atoms with Crippen molar-refractivity contribution in [2.75, 3.05) is 16.8 Å². The molecule has 21 heavy (non-hydrogen) atoms. The van der Waals surface area contributed by atoms with Crippen LogP contribution in [0.1, 0.15) is 12.0 Å². The summed E-state index contributed by atoms with van der Waals surface area (Å²) in [6.07, 6.45) is 0.421. The van der Waals surface area contributed by atoms with Crippen LogP contribution in [0.3, 0.4) is 0 Å². The Kier molecular flexibility index (Phi) is 5.53. The van der Waals surface area contributed by atoms with E-state index >= 15 is 0 Å². The van der Waals surface area contributed by atoms with E-state index in [1.165, 1.54) is 0 Å². The number of rotatable bonds is 5. The van der Waals surface area contributed by atoms with Gasteiger partial charge in [-0.1, -0.05) is 29.8 Å². The van der Waals surface area contributed by atoms with Gasteiger partial charge in [-0.25, -0.2) is 0 Å². The molecule has 2 rings (SSSR count). The van der Waals surface area contributed by atoms with Gasteiger partial charge in [-0.15, -0.1) is 11.8 Å². The largest absolute Gasteiger partial charge is 0.398 e. The quantitative estimate of drug-likeness (QED) is 0.636. The third-order valence-electron chi connectivity index (χ3n) is 2.98. The number of halogens is 1. The molecule has 0 spiro atoms. The number of nitrogens with one attached hydrogen (secondary N) is 1. The lowest BCUT2D eigenvalue weighted by atomic mass is 10.2. The fourth-order valence-electron chi connectivity index (χ4n) is 1.82. The summed E-state index contributed by atoms with van der Waals surface area (Å²) < 4.78 is 0. The molecule has 0 saturated heterocycles. The molecule has 2 aromatic carbocycles. The predicted molar refractivity (Wildman–Crippen MR) is 91.0 cm³/mol. The van der Waals surface area contributed by atoms with Gasteiger partial charge in [0.05, 0.1) is 0 Å². The number of anilines is 2. The molecule has 5 heteroatoms. The van der Waals surface area contributed by atoms with Crippen molar-refractivity contribution >= 4 is 40.6 Å². The average Bonchev–Trinajstić information content (AvgIpc) is 2.43. The lowest BCUT2D eigenvalue weighted by Gasteiger charge is -2.08. The Morgan fingerprint density at radius 2 is 2.05 bits per heavy atom. The number of para-hydroxylation sites is 1. The van der Waals surface area contributed by atoms with Crippen molar-refractivity contribution in [1.29, 1.82) is 0 Å². The van der Waals surface area contributed by atoms with Gasteiger partial charge >= 0.3 is 0 Å². The molecule has 0 bridgehead atoms. The second-order valence-corrected chi connectivity index (χ2v) is 6.22. The number of hydrogen-bond acceptors (Lipinski definition) is 3. The first-order chi connectivity index (χ1) is 10.1. The molecule has 0 atom stereocenters. The molecule has 0 heterocycles. The van der Waals surface area contributed by atoms with Gasteiger partial charge in [0.15, 0.2) is 0 Å². The molecule has 2 aromatic rings. The third-order valence-corrected chi connectivity index (χ3v) is 4.29. The van der Waals surface area contributed by atoms with Crippen LogP contribution in [0.2, 0.25) is 5.02 Å². The summed E-state index contributed by atoms with van der Waals surface area (Å²) in [4.78, 5) is 12.9. The monoisotopic (exact) mass is 320 g/mol. The van der Waals surface area contributed by atoms with Crippen molar-refractivity contribution in [2.45, 2.75) is 18.2 Å². The van der Waals surface area contributed by atoms with Gasteiger partial charge < -0.3 is 11.1 Å². The number of thioether (sulfide) groups is 1. The molecule has 1 amide bonds. The van der Waals surface area contributed by atoms with Crippen LogP contribution in [-0.2, 0) is 4.79 Å². The lowest BCUT2D eigenvalue weighted by Crippen LogP contribution is -2.12. The van der Waals surface area contributed by atoms with E-state index in [2.05, 4.69) is 5.32 Å². The van der Waals surface area contributed by atoms with E-state index in [1.807, 2.05) is 31.2 Å². The Balaban J connectivity index is 1.83.